The highest BCUT2D eigenvalue weighted by Crippen LogP contribution is 2.43. The molecule has 27 heteroatoms. The fourth-order valence-corrected chi connectivity index (χ4v) is 9.95. The zero-order valence-corrected chi connectivity index (χ0v) is 41.8. The monoisotopic (exact) mass is 1110 g/mol. The Labute approximate surface area is 442 Å². The summed E-state index contributed by atoms with van der Waals surface area (Å²) < 4.78 is 93.0. The van der Waals surface area contributed by atoms with Crippen molar-refractivity contribution in [2.75, 3.05) is 38.7 Å². The van der Waals surface area contributed by atoms with Crippen molar-refractivity contribution in [3.05, 3.63) is 135 Å². The quantitative estimate of drug-likeness (QED) is 0.0736. The number of benzene rings is 4. The van der Waals surface area contributed by atoms with Gasteiger partial charge in [0.25, 0.3) is 17.7 Å². The molecule has 4 aliphatic heterocycles. The molecule has 3 saturated heterocycles. The van der Waals surface area contributed by atoms with Crippen LogP contribution in [0.4, 0.5) is 27.6 Å². The number of aliphatic hydroxyl groups is 2. The van der Waals surface area contributed by atoms with Crippen molar-refractivity contribution in [1.29, 1.82) is 0 Å². The van der Waals surface area contributed by atoms with Crippen LogP contribution in [0.5, 0.6) is 5.75 Å². The van der Waals surface area contributed by atoms with Gasteiger partial charge in [-0.15, -0.1) is 5.10 Å². The number of aliphatic hydroxyl groups excluding tert-OH is 2. The summed E-state index contributed by atoms with van der Waals surface area (Å²) in [5.74, 6) is -4.36. The van der Waals surface area contributed by atoms with Gasteiger partial charge in [-0.1, -0.05) is 28.4 Å². The summed E-state index contributed by atoms with van der Waals surface area (Å²) in [5, 5.41) is 36.5. The van der Waals surface area contributed by atoms with E-state index in [-0.39, 0.29) is 77.8 Å². The minimum absolute atomic E-state index is 0.0400. The molecule has 0 bridgehead atoms. The Bertz CT molecular complexity index is 3320. The van der Waals surface area contributed by atoms with Crippen molar-refractivity contribution in [2.45, 2.75) is 75.1 Å². The van der Waals surface area contributed by atoms with Gasteiger partial charge >= 0.3 is 6.18 Å². The van der Waals surface area contributed by atoms with Gasteiger partial charge in [-0.25, -0.2) is 23.1 Å². The molecule has 402 valence electrons. The number of fused-ring (bicyclic) bond motifs is 1. The summed E-state index contributed by atoms with van der Waals surface area (Å²) >= 11 is 11.9. The van der Waals surface area contributed by atoms with E-state index < -0.39 is 108 Å². The fourth-order valence-electron chi connectivity index (χ4n) is 9.68. The van der Waals surface area contributed by atoms with Gasteiger partial charge in [0.2, 0.25) is 11.8 Å². The maximum Gasteiger partial charge on any atom is 0.418 e. The third kappa shape index (κ3) is 10.3. The number of likely N-dealkylation sites (N-methyl/N-ethyl adjacent to an activating group) is 1. The third-order valence-corrected chi connectivity index (χ3v) is 14.3. The van der Waals surface area contributed by atoms with Crippen LogP contribution in [0.2, 0.25) is 10.0 Å². The molecule has 2 aromatic heterocycles. The summed E-state index contributed by atoms with van der Waals surface area (Å²) in [6.07, 6.45) is -10.3. The van der Waals surface area contributed by atoms with E-state index in [4.69, 9.17) is 37.4 Å². The fraction of sp³-hybridized carbons (Fsp3) is 0.340. The SMILES string of the molecule is Cc1nc([C@@H]2O[C@H](CO)[C@H](O)[C@H](n3cc(-c4cc(F)c(Cl)c(F)c4)nn3)[C@H]2OCC(=O)N2CC(Oc3ccc(C(=O)Nc4ccc5c(c4)CN(C4CCC(=O)N(C)C4=O)C5=O)cc3)C2)n(-c2cc(Cl)ccc2C(F)(F)F)n1. The number of alkyl halides is 3. The van der Waals surface area contributed by atoms with E-state index in [9.17, 15) is 56.1 Å². The van der Waals surface area contributed by atoms with Gasteiger partial charge in [0.1, 0.15) is 83.1 Å². The first-order chi connectivity index (χ1) is 36.7. The maximum absolute atomic E-state index is 14.6. The van der Waals surface area contributed by atoms with Gasteiger partial charge in [-0.05, 0) is 91.7 Å². The lowest BCUT2D eigenvalue weighted by atomic mass is 9.91. The van der Waals surface area contributed by atoms with Gasteiger partial charge in [0.15, 0.2) is 5.82 Å². The van der Waals surface area contributed by atoms with Crippen LogP contribution in [0.25, 0.3) is 16.9 Å². The number of aromatic nitrogens is 6. The molecule has 6 heterocycles. The van der Waals surface area contributed by atoms with Crippen LogP contribution in [-0.2, 0) is 36.6 Å². The Kier molecular flexibility index (Phi) is 14.3. The summed E-state index contributed by atoms with van der Waals surface area (Å²) in [6.45, 7) is 0.0838. The lowest BCUT2D eigenvalue weighted by Crippen LogP contribution is -2.58. The zero-order chi connectivity index (χ0) is 54.8. The largest absolute Gasteiger partial charge is 0.487 e. The second kappa shape index (κ2) is 20.8. The van der Waals surface area contributed by atoms with Gasteiger partial charge in [0.05, 0.1) is 37.1 Å². The molecular formula is C50H43Cl2F5N10O10. The number of amides is 5. The van der Waals surface area contributed by atoms with Gasteiger partial charge in [0, 0.05) is 47.4 Å². The first-order valence-electron chi connectivity index (χ1n) is 23.7. The van der Waals surface area contributed by atoms with Crippen LogP contribution in [-0.4, -0.2) is 148 Å². The highest BCUT2D eigenvalue weighted by molar-refractivity contribution is 6.31. The Hall–Kier alpha value is -7.42. The summed E-state index contributed by atoms with van der Waals surface area (Å²) in [6, 6.07) is 13.3. The molecule has 1 unspecified atom stereocenters. The average molecular weight is 1110 g/mol. The number of halogens is 7. The number of carbonyl (C=O) groups is 5. The van der Waals surface area contributed by atoms with Crippen molar-refractivity contribution in [3.8, 4) is 22.7 Å². The Morgan fingerprint density at radius 1 is 0.974 bits per heavy atom. The zero-order valence-electron chi connectivity index (χ0n) is 40.3. The molecule has 77 heavy (non-hydrogen) atoms. The molecule has 3 fully saturated rings. The van der Waals surface area contributed by atoms with E-state index >= 15 is 0 Å². The van der Waals surface area contributed by atoms with E-state index in [0.717, 1.165) is 44.6 Å². The number of anilines is 1. The summed E-state index contributed by atoms with van der Waals surface area (Å²) in [4.78, 5) is 73.4. The summed E-state index contributed by atoms with van der Waals surface area (Å²) in [5.41, 5.74) is -0.257. The highest BCUT2D eigenvalue weighted by atomic mass is 35.5. The van der Waals surface area contributed by atoms with Crippen molar-refractivity contribution < 1.29 is 70.3 Å². The van der Waals surface area contributed by atoms with Crippen molar-refractivity contribution in [3.63, 3.8) is 0 Å². The number of rotatable bonds is 13. The van der Waals surface area contributed by atoms with Crippen molar-refractivity contribution in [2.24, 2.45) is 0 Å². The number of piperidine rings is 1. The molecule has 4 aromatic carbocycles. The number of nitrogens with zero attached hydrogens (tertiary/aromatic N) is 9. The molecule has 20 nitrogen and oxygen atoms in total. The number of ether oxygens (including phenoxy) is 3. The molecule has 6 aromatic rings. The van der Waals surface area contributed by atoms with E-state index in [0.29, 0.717) is 22.6 Å². The molecule has 4 aliphatic rings. The third-order valence-electron chi connectivity index (χ3n) is 13.7. The molecule has 3 N–H and O–H groups in total. The van der Waals surface area contributed by atoms with E-state index in [2.05, 4.69) is 25.7 Å². The molecular weight excluding hydrogens is 1070 g/mol. The molecule has 5 amide bonds. The maximum atomic E-state index is 14.6. The Morgan fingerprint density at radius 2 is 1.70 bits per heavy atom. The minimum atomic E-state index is -4.92. The Balaban J connectivity index is 0.826. The van der Waals surface area contributed by atoms with Gasteiger partial charge in [-0.3, -0.25) is 28.9 Å². The highest BCUT2D eigenvalue weighted by Gasteiger charge is 2.51. The second-order valence-corrected chi connectivity index (χ2v) is 19.4. The number of hydrogen-bond donors (Lipinski definition) is 3. The number of carbonyl (C=O) groups excluding carboxylic acids is 5. The molecule has 10 rings (SSSR count). The van der Waals surface area contributed by atoms with Crippen LogP contribution < -0.4 is 10.1 Å². The predicted octanol–water partition coefficient (Wildman–Crippen LogP) is 5.50. The van der Waals surface area contributed by atoms with E-state index in [1.165, 1.54) is 42.1 Å². The smallest absolute Gasteiger partial charge is 0.418 e. The Morgan fingerprint density at radius 3 is 2.40 bits per heavy atom. The van der Waals surface area contributed by atoms with E-state index in [1.807, 2.05) is 0 Å². The lowest BCUT2D eigenvalue weighted by molar-refractivity contribution is -0.225. The number of aryl methyl sites for hydroxylation is 1. The molecule has 0 radical (unpaired) electrons. The van der Waals surface area contributed by atoms with Crippen LogP contribution in [0.3, 0.4) is 0 Å². The van der Waals surface area contributed by atoms with Crippen LogP contribution in [0.15, 0.2) is 79.0 Å². The normalized spacial score (nSPS) is 21.9. The van der Waals surface area contributed by atoms with Crippen LogP contribution >= 0.6 is 23.2 Å². The molecule has 0 spiro atoms. The lowest BCUT2D eigenvalue weighted by Gasteiger charge is -2.44. The van der Waals surface area contributed by atoms with Crippen LogP contribution in [0.1, 0.15) is 68.5 Å². The first-order valence-corrected chi connectivity index (χ1v) is 24.5. The second-order valence-electron chi connectivity index (χ2n) is 18.6. The number of hydrogen-bond acceptors (Lipinski definition) is 14. The first kappa shape index (κ1) is 53.0. The van der Waals surface area contributed by atoms with Crippen molar-refractivity contribution in [1.82, 2.24) is 44.5 Å². The number of likely N-dealkylation sites (tertiary alicyclic amines) is 2. The van der Waals surface area contributed by atoms with Crippen molar-refractivity contribution >= 4 is 58.4 Å². The van der Waals surface area contributed by atoms with Gasteiger partial charge in [-0.2, -0.15) is 18.3 Å². The molecule has 6 atom stereocenters. The molecule has 0 aliphatic carbocycles. The predicted molar refractivity (Wildman–Crippen MR) is 258 cm³/mol. The topological polar surface area (TPSA) is 237 Å². The minimum Gasteiger partial charge on any atom is -0.487 e. The number of imide groups is 1. The molecule has 0 saturated carbocycles. The summed E-state index contributed by atoms with van der Waals surface area (Å²) in [7, 11) is 1.39. The number of nitrogens with one attached hydrogen (secondary N) is 1. The van der Waals surface area contributed by atoms with Crippen LogP contribution in [0, 0.1) is 18.6 Å². The van der Waals surface area contributed by atoms with E-state index in [1.54, 1.807) is 30.3 Å². The standard InChI is InChI=1S/C50H43Cl2F5N10O10/c1-23-58-46(67(61-23)37-16-27(51)5-10-32(37)50(55,56)57)45-44(42(43(71)38(21-68)77-45)66-20-35(60-62-66)25-14-33(53)41(52)34(54)15-25)75-22-40(70)64-18-30(19-64)76-29-7-3-24(4-8-29)47(72)59-28-6-9-31-26(13-28)17-65(48(31)73)36-11-12-39(69)63(2)49(36)74/h3-10,13-16,20,30,36,38,42-45,68,71H,11-12,17-19,21-22H2,1-2H3,(H,59,72)/t36?,38-,42+,43+,44-,45-/m1/s1. The average Bonchev–Trinajstić information content (AvgIpc) is 4.19. The van der Waals surface area contributed by atoms with Gasteiger partial charge < -0.3 is 39.5 Å².